The molecule has 0 aliphatic carbocycles. The van der Waals surface area contributed by atoms with E-state index in [4.69, 9.17) is 26.3 Å². The van der Waals surface area contributed by atoms with Crippen LogP contribution in [0.15, 0.2) is 30.5 Å². The molecule has 1 fully saturated rings. The lowest BCUT2D eigenvalue weighted by molar-refractivity contribution is -0.135. The number of hydrogen-bond donors (Lipinski definition) is 0. The molecule has 30 heavy (non-hydrogen) atoms. The number of benzene rings is 1. The first-order valence-corrected chi connectivity index (χ1v) is 9.69. The minimum atomic E-state index is -3.14. The zero-order valence-corrected chi connectivity index (χ0v) is 16.6. The third-order valence-electron chi connectivity index (χ3n) is 4.55. The van der Waals surface area contributed by atoms with Crippen LogP contribution in [0.5, 0.6) is 5.75 Å². The molecular weight excluding hydrogens is 420 g/mol. The van der Waals surface area contributed by atoms with Gasteiger partial charge in [0.2, 0.25) is 0 Å². The lowest BCUT2D eigenvalue weighted by Gasteiger charge is -2.19. The number of fused-ring (bicyclic) bond motifs is 1. The molecule has 1 atom stereocenters. The summed E-state index contributed by atoms with van der Waals surface area (Å²) in [6.45, 7) is -1.21. The Balaban J connectivity index is 1.71. The molecule has 0 saturated carbocycles. The van der Waals surface area contributed by atoms with Gasteiger partial charge in [-0.15, -0.1) is 11.6 Å². The third-order valence-corrected chi connectivity index (χ3v) is 4.81. The standard InChI is InChI=1S/C20H18ClF2N3O4/c21-5-1-7-29-14-2-3-17-16(8-14)15(4-6-25-17)19(28)30-11-18(27)26-12-20(22,23)9-13(26)10-24/h2-4,6,8,13H,1,5,7,9,11-12H2. The quantitative estimate of drug-likeness (QED) is 0.375. The van der Waals surface area contributed by atoms with Crippen molar-refractivity contribution in [3.8, 4) is 11.8 Å². The van der Waals surface area contributed by atoms with E-state index in [0.29, 0.717) is 35.6 Å². The van der Waals surface area contributed by atoms with Crippen LogP contribution < -0.4 is 4.74 Å². The van der Waals surface area contributed by atoms with Crippen LogP contribution in [0.3, 0.4) is 0 Å². The molecular formula is C20H18ClF2N3O4. The Morgan fingerprint density at radius 3 is 2.90 bits per heavy atom. The fourth-order valence-corrected chi connectivity index (χ4v) is 3.23. The Morgan fingerprint density at radius 2 is 2.17 bits per heavy atom. The molecule has 0 spiro atoms. The van der Waals surface area contributed by atoms with Gasteiger partial charge in [0.25, 0.3) is 11.8 Å². The Morgan fingerprint density at radius 1 is 1.37 bits per heavy atom. The number of carbonyl (C=O) groups excluding carboxylic acids is 2. The highest BCUT2D eigenvalue weighted by atomic mass is 35.5. The van der Waals surface area contributed by atoms with E-state index < -0.39 is 43.4 Å². The molecule has 1 amide bonds. The smallest absolute Gasteiger partial charge is 0.339 e. The molecule has 10 heteroatoms. The number of aromatic nitrogens is 1. The van der Waals surface area contributed by atoms with Crippen LogP contribution in [0.1, 0.15) is 23.2 Å². The number of nitriles is 1. The van der Waals surface area contributed by atoms with E-state index >= 15 is 0 Å². The van der Waals surface area contributed by atoms with E-state index in [1.165, 1.54) is 12.3 Å². The molecule has 1 saturated heterocycles. The number of likely N-dealkylation sites (tertiary alicyclic amines) is 1. The van der Waals surface area contributed by atoms with Crippen LogP contribution in [0, 0.1) is 11.3 Å². The second kappa shape index (κ2) is 9.22. The number of rotatable bonds is 7. The minimum absolute atomic E-state index is 0.152. The van der Waals surface area contributed by atoms with Crippen LogP contribution in [0.25, 0.3) is 10.9 Å². The van der Waals surface area contributed by atoms with E-state index in [0.717, 1.165) is 4.90 Å². The first kappa shape index (κ1) is 21.7. The number of nitrogens with zero attached hydrogens (tertiary/aromatic N) is 3. The van der Waals surface area contributed by atoms with Gasteiger partial charge in [0.15, 0.2) is 6.61 Å². The molecule has 0 N–H and O–H groups in total. The van der Waals surface area contributed by atoms with E-state index in [1.807, 2.05) is 0 Å². The lowest BCUT2D eigenvalue weighted by atomic mass is 10.1. The van der Waals surface area contributed by atoms with Crippen molar-refractivity contribution in [2.45, 2.75) is 24.8 Å². The van der Waals surface area contributed by atoms with Crippen LogP contribution in [0.2, 0.25) is 0 Å². The van der Waals surface area contributed by atoms with Crippen molar-refractivity contribution in [3.63, 3.8) is 0 Å². The number of halogens is 3. The van der Waals surface area contributed by atoms with E-state index in [2.05, 4.69) is 4.98 Å². The highest BCUT2D eigenvalue weighted by molar-refractivity contribution is 6.17. The molecule has 2 aromatic rings. The SMILES string of the molecule is N#CC1CC(F)(F)CN1C(=O)COC(=O)c1ccnc2ccc(OCCCCl)cc12. The Kier molecular flexibility index (Phi) is 6.67. The van der Waals surface area contributed by atoms with Crippen molar-refractivity contribution >= 4 is 34.4 Å². The maximum atomic E-state index is 13.5. The molecule has 0 radical (unpaired) electrons. The predicted molar refractivity (Wildman–Crippen MR) is 104 cm³/mol. The fraction of sp³-hybridized carbons (Fsp3) is 0.400. The molecule has 1 aromatic carbocycles. The zero-order valence-electron chi connectivity index (χ0n) is 15.8. The number of pyridine rings is 1. The number of alkyl halides is 3. The summed E-state index contributed by atoms with van der Waals surface area (Å²) in [6.07, 6.45) is 1.34. The normalized spacial score (nSPS) is 17.5. The summed E-state index contributed by atoms with van der Waals surface area (Å²) in [6, 6.07) is 6.87. The Labute approximate surface area is 176 Å². The summed E-state index contributed by atoms with van der Waals surface area (Å²) < 4.78 is 37.6. The molecule has 7 nitrogen and oxygen atoms in total. The first-order valence-electron chi connectivity index (χ1n) is 9.16. The molecule has 1 aromatic heterocycles. The summed E-state index contributed by atoms with van der Waals surface area (Å²) in [4.78, 5) is 29.7. The second-order valence-electron chi connectivity index (χ2n) is 6.73. The number of amides is 1. The Hall–Kier alpha value is -2.99. The van der Waals surface area contributed by atoms with Crippen LogP contribution in [0.4, 0.5) is 8.78 Å². The van der Waals surface area contributed by atoms with Crippen LogP contribution in [-0.2, 0) is 9.53 Å². The van der Waals surface area contributed by atoms with Crippen molar-refractivity contribution in [1.29, 1.82) is 5.26 Å². The average molecular weight is 438 g/mol. The summed E-state index contributed by atoms with van der Waals surface area (Å²) in [7, 11) is 0. The highest BCUT2D eigenvalue weighted by Crippen LogP contribution is 2.31. The topological polar surface area (TPSA) is 92.5 Å². The largest absolute Gasteiger partial charge is 0.494 e. The molecule has 2 heterocycles. The van der Waals surface area contributed by atoms with Crippen molar-refractivity contribution in [3.05, 3.63) is 36.0 Å². The number of esters is 1. The van der Waals surface area contributed by atoms with Crippen molar-refractivity contribution in [1.82, 2.24) is 9.88 Å². The highest BCUT2D eigenvalue weighted by Gasteiger charge is 2.47. The van der Waals surface area contributed by atoms with Gasteiger partial charge in [-0.25, -0.2) is 13.6 Å². The molecule has 1 aliphatic rings. The van der Waals surface area contributed by atoms with Gasteiger partial charge < -0.3 is 14.4 Å². The van der Waals surface area contributed by atoms with Gasteiger partial charge in [0, 0.05) is 23.9 Å². The molecule has 1 aliphatic heterocycles. The van der Waals surface area contributed by atoms with E-state index in [9.17, 15) is 18.4 Å². The van der Waals surface area contributed by atoms with Gasteiger partial charge in [-0.3, -0.25) is 9.78 Å². The van der Waals surface area contributed by atoms with Gasteiger partial charge in [0.05, 0.1) is 30.3 Å². The predicted octanol–water partition coefficient (Wildman–Crippen LogP) is 3.16. The monoisotopic (exact) mass is 437 g/mol. The van der Waals surface area contributed by atoms with Gasteiger partial charge in [-0.05, 0) is 30.7 Å². The molecule has 3 rings (SSSR count). The molecule has 0 bridgehead atoms. The Bertz CT molecular complexity index is 996. The minimum Gasteiger partial charge on any atom is -0.494 e. The summed E-state index contributed by atoms with van der Waals surface area (Å²) >= 11 is 5.63. The van der Waals surface area contributed by atoms with Gasteiger partial charge >= 0.3 is 5.97 Å². The summed E-state index contributed by atoms with van der Waals surface area (Å²) in [5.41, 5.74) is 0.670. The maximum absolute atomic E-state index is 13.5. The zero-order chi connectivity index (χ0) is 21.7. The van der Waals surface area contributed by atoms with Gasteiger partial charge in [0.1, 0.15) is 11.8 Å². The third kappa shape index (κ3) is 4.94. The fourth-order valence-electron chi connectivity index (χ4n) is 3.12. The molecule has 1 unspecified atom stereocenters. The van der Waals surface area contributed by atoms with Crippen molar-refractivity contribution < 1.29 is 27.8 Å². The van der Waals surface area contributed by atoms with E-state index in [1.54, 1.807) is 24.3 Å². The van der Waals surface area contributed by atoms with Crippen molar-refractivity contribution in [2.75, 3.05) is 25.6 Å². The van der Waals surface area contributed by atoms with Gasteiger partial charge in [-0.1, -0.05) is 0 Å². The lowest BCUT2D eigenvalue weighted by Crippen LogP contribution is -2.38. The average Bonchev–Trinajstić information content (AvgIpc) is 3.06. The van der Waals surface area contributed by atoms with Crippen LogP contribution in [-0.4, -0.2) is 59.4 Å². The van der Waals surface area contributed by atoms with E-state index in [-0.39, 0.29) is 5.56 Å². The maximum Gasteiger partial charge on any atom is 0.339 e. The summed E-state index contributed by atoms with van der Waals surface area (Å²) in [5.74, 6) is -3.83. The number of ether oxygens (including phenoxy) is 2. The molecule has 158 valence electrons. The number of hydrogen-bond acceptors (Lipinski definition) is 6. The first-order chi connectivity index (χ1) is 14.3. The second-order valence-corrected chi connectivity index (χ2v) is 7.11. The number of carbonyl (C=O) groups is 2. The van der Waals surface area contributed by atoms with Crippen molar-refractivity contribution in [2.24, 2.45) is 0 Å². The van der Waals surface area contributed by atoms with Crippen LogP contribution >= 0.6 is 11.6 Å². The summed E-state index contributed by atoms with van der Waals surface area (Å²) in [5, 5.41) is 9.44. The van der Waals surface area contributed by atoms with Gasteiger partial charge in [-0.2, -0.15) is 5.26 Å².